The van der Waals surface area contributed by atoms with Gasteiger partial charge >= 0.3 is 0 Å². The highest BCUT2D eigenvalue weighted by Crippen LogP contribution is 2.39. The molecule has 0 bridgehead atoms. The zero-order valence-corrected chi connectivity index (χ0v) is 20.7. The highest BCUT2D eigenvalue weighted by Gasteiger charge is 2.25. The van der Waals surface area contributed by atoms with Gasteiger partial charge in [-0.25, -0.2) is 17.8 Å². The molecule has 1 amide bonds. The van der Waals surface area contributed by atoms with Gasteiger partial charge in [0.15, 0.2) is 0 Å². The molecule has 0 unspecified atom stereocenters. The Bertz CT molecular complexity index is 1490. The molecule has 0 fully saturated rings. The average Bonchev–Trinajstić information content (AvgIpc) is 3.17. The Hall–Kier alpha value is -3.44. The molecule has 0 aliphatic carbocycles. The maximum absolute atomic E-state index is 13.1. The van der Waals surface area contributed by atoms with Crippen molar-refractivity contribution >= 4 is 48.5 Å². The van der Waals surface area contributed by atoms with Crippen molar-refractivity contribution in [2.24, 2.45) is 0 Å². The number of halogens is 2. The Morgan fingerprint density at radius 3 is 2.47 bits per heavy atom. The first kappa shape index (κ1) is 23.7. The van der Waals surface area contributed by atoms with Gasteiger partial charge in [-0.05, 0) is 52.3 Å². The number of amides is 1. The third-order valence-electron chi connectivity index (χ3n) is 5.08. The van der Waals surface area contributed by atoms with Gasteiger partial charge in [0.25, 0.3) is 5.91 Å². The molecule has 2 aromatic carbocycles. The molecule has 11 heteroatoms. The number of hydrogen-bond donors (Lipinski definition) is 1. The number of benzene rings is 2. The third kappa shape index (κ3) is 4.62. The normalized spacial score (nSPS) is 11.4. The second-order valence-electron chi connectivity index (χ2n) is 7.36. The molecule has 0 atom stereocenters. The summed E-state index contributed by atoms with van der Waals surface area (Å²) in [4.78, 5) is 17.0. The Kier molecular flexibility index (Phi) is 6.32. The molecule has 176 valence electrons. The predicted molar refractivity (Wildman–Crippen MR) is 130 cm³/mol. The monoisotopic (exact) mass is 547 g/mol. The first-order valence-corrected chi connectivity index (χ1v) is 12.5. The van der Waals surface area contributed by atoms with Gasteiger partial charge < -0.3 is 14.5 Å². The van der Waals surface area contributed by atoms with Crippen molar-refractivity contribution in [3.8, 4) is 23.0 Å². The lowest BCUT2D eigenvalue weighted by Gasteiger charge is -2.18. The van der Waals surface area contributed by atoms with E-state index in [0.717, 1.165) is 10.6 Å². The molecule has 4 aromatic rings. The smallest absolute Gasteiger partial charge is 0.255 e. The summed E-state index contributed by atoms with van der Waals surface area (Å²) >= 11 is 3.39. The van der Waals surface area contributed by atoms with Crippen LogP contribution in [0.1, 0.15) is 10.4 Å². The van der Waals surface area contributed by atoms with Gasteiger partial charge in [-0.1, -0.05) is 0 Å². The summed E-state index contributed by atoms with van der Waals surface area (Å²) in [5.74, 6) is 0.203. The zero-order chi connectivity index (χ0) is 24.6. The van der Waals surface area contributed by atoms with Gasteiger partial charge in [-0.15, -0.1) is 0 Å². The fourth-order valence-electron chi connectivity index (χ4n) is 3.28. The fourth-order valence-corrected chi connectivity index (χ4v) is 4.51. The highest BCUT2D eigenvalue weighted by atomic mass is 79.9. The van der Waals surface area contributed by atoms with Crippen LogP contribution in [0.25, 0.3) is 22.3 Å². The average molecular weight is 548 g/mol. The molecule has 1 N–H and O–H groups in total. The van der Waals surface area contributed by atoms with E-state index < -0.39 is 10.0 Å². The number of rotatable bonds is 6. The molecule has 0 radical (unpaired) electrons. The highest BCUT2D eigenvalue weighted by molar-refractivity contribution is 9.10. The second kappa shape index (κ2) is 9.07. The van der Waals surface area contributed by atoms with Crippen LogP contribution in [0.2, 0.25) is 0 Å². The number of ether oxygens (including phenoxy) is 1. The lowest BCUT2D eigenvalue weighted by atomic mass is 10.1. The SMILES string of the molecule is CNC(=O)c1c(-c2ccc(Oc3ccc(F)cc3)nc2)oc2cc(N(C)S(C)(=O)=O)c(Br)cc12. The maximum atomic E-state index is 13.1. The molecule has 34 heavy (non-hydrogen) atoms. The molecule has 4 rings (SSSR count). The van der Waals surface area contributed by atoms with Crippen LogP contribution in [-0.4, -0.2) is 39.7 Å². The Morgan fingerprint density at radius 2 is 1.88 bits per heavy atom. The summed E-state index contributed by atoms with van der Waals surface area (Å²) in [6.07, 6.45) is 2.58. The van der Waals surface area contributed by atoms with E-state index >= 15 is 0 Å². The molecule has 8 nitrogen and oxygen atoms in total. The molecular weight excluding hydrogens is 529 g/mol. The van der Waals surface area contributed by atoms with Gasteiger partial charge in [-0.3, -0.25) is 9.10 Å². The molecule has 0 aliphatic heterocycles. The summed E-state index contributed by atoms with van der Waals surface area (Å²) in [6, 6.07) is 12.0. The van der Waals surface area contributed by atoms with Gasteiger partial charge in [-0.2, -0.15) is 0 Å². The molecule has 0 saturated carbocycles. The summed E-state index contributed by atoms with van der Waals surface area (Å²) in [6.45, 7) is 0. The number of fused-ring (bicyclic) bond motifs is 1. The van der Waals surface area contributed by atoms with Gasteiger partial charge in [0, 0.05) is 47.8 Å². The van der Waals surface area contributed by atoms with E-state index in [0.29, 0.717) is 32.4 Å². The summed E-state index contributed by atoms with van der Waals surface area (Å²) in [7, 11) is -0.590. The van der Waals surface area contributed by atoms with Crippen molar-refractivity contribution in [3.63, 3.8) is 0 Å². The van der Waals surface area contributed by atoms with Gasteiger partial charge in [0.1, 0.15) is 22.9 Å². The van der Waals surface area contributed by atoms with Crippen molar-refractivity contribution in [1.82, 2.24) is 10.3 Å². The second-order valence-corrected chi connectivity index (χ2v) is 10.2. The predicted octanol–water partition coefficient (Wildman–Crippen LogP) is 4.94. The molecule has 2 aromatic heterocycles. The molecular formula is C23H19BrFN3O5S. The number of pyridine rings is 1. The standard InChI is InChI=1S/C23H19BrFN3O5S/c1-26-23(29)21-16-10-17(24)18(28(2)34(3,30)31)11-19(16)33-22(21)13-4-9-20(27-12-13)32-15-7-5-14(25)6-8-15/h4-12H,1-3H3,(H,26,29). The number of carbonyl (C=O) groups is 1. The van der Waals surface area contributed by atoms with E-state index in [9.17, 15) is 17.6 Å². The quantitative estimate of drug-likeness (QED) is 0.366. The van der Waals surface area contributed by atoms with Crippen LogP contribution in [0.3, 0.4) is 0 Å². The number of sulfonamides is 1. The van der Waals surface area contributed by atoms with E-state index in [1.165, 1.54) is 44.6 Å². The third-order valence-corrected chi connectivity index (χ3v) is 6.91. The summed E-state index contributed by atoms with van der Waals surface area (Å²) in [5, 5.41) is 3.10. The van der Waals surface area contributed by atoms with E-state index in [1.807, 2.05) is 0 Å². The first-order chi connectivity index (χ1) is 16.1. The molecule has 0 saturated heterocycles. The Balaban J connectivity index is 1.78. The van der Waals surface area contributed by atoms with Crippen LogP contribution in [0.5, 0.6) is 11.6 Å². The van der Waals surface area contributed by atoms with Crippen molar-refractivity contribution in [3.05, 3.63) is 70.6 Å². The largest absolute Gasteiger partial charge is 0.455 e. The fraction of sp³-hybridized carbons (Fsp3) is 0.130. The van der Waals surface area contributed by atoms with E-state index in [-0.39, 0.29) is 28.9 Å². The number of nitrogens with zero attached hydrogens (tertiary/aromatic N) is 2. The van der Waals surface area contributed by atoms with Crippen molar-refractivity contribution in [2.75, 3.05) is 24.7 Å². The van der Waals surface area contributed by atoms with Crippen molar-refractivity contribution in [2.45, 2.75) is 0 Å². The number of hydrogen-bond acceptors (Lipinski definition) is 6. The molecule has 0 aliphatic rings. The molecule has 2 heterocycles. The Labute approximate surface area is 203 Å². The van der Waals surface area contributed by atoms with Crippen LogP contribution in [0, 0.1) is 5.82 Å². The van der Waals surface area contributed by atoms with Gasteiger partial charge in [0.2, 0.25) is 15.9 Å². The summed E-state index contributed by atoms with van der Waals surface area (Å²) in [5.41, 5.74) is 1.48. The van der Waals surface area contributed by atoms with E-state index in [1.54, 1.807) is 24.3 Å². The number of nitrogens with one attached hydrogen (secondary N) is 1. The minimum atomic E-state index is -3.52. The van der Waals surface area contributed by atoms with Crippen LogP contribution in [0.4, 0.5) is 10.1 Å². The van der Waals surface area contributed by atoms with Crippen LogP contribution < -0.4 is 14.4 Å². The first-order valence-electron chi connectivity index (χ1n) is 9.90. The maximum Gasteiger partial charge on any atom is 0.255 e. The number of furan rings is 1. The number of anilines is 1. The van der Waals surface area contributed by atoms with E-state index in [4.69, 9.17) is 9.15 Å². The number of carbonyl (C=O) groups excluding carboxylic acids is 1. The minimum absolute atomic E-state index is 0.265. The van der Waals surface area contributed by atoms with Crippen molar-refractivity contribution < 1.29 is 26.8 Å². The van der Waals surface area contributed by atoms with Crippen molar-refractivity contribution in [1.29, 1.82) is 0 Å². The van der Waals surface area contributed by atoms with Crippen LogP contribution in [-0.2, 0) is 10.0 Å². The Morgan fingerprint density at radius 1 is 1.18 bits per heavy atom. The van der Waals surface area contributed by atoms with E-state index in [2.05, 4.69) is 26.2 Å². The zero-order valence-electron chi connectivity index (χ0n) is 18.3. The lowest BCUT2D eigenvalue weighted by molar-refractivity contribution is 0.0964. The van der Waals surface area contributed by atoms with Gasteiger partial charge in [0.05, 0.1) is 17.5 Å². The van der Waals surface area contributed by atoms with Crippen LogP contribution >= 0.6 is 15.9 Å². The number of aromatic nitrogens is 1. The molecule has 0 spiro atoms. The summed E-state index contributed by atoms with van der Waals surface area (Å²) < 4.78 is 50.3. The minimum Gasteiger partial charge on any atom is -0.455 e. The topological polar surface area (TPSA) is 102 Å². The van der Waals surface area contributed by atoms with Crippen LogP contribution in [0.15, 0.2) is 63.6 Å². The lowest BCUT2D eigenvalue weighted by Crippen LogP contribution is -2.25.